The van der Waals surface area contributed by atoms with Crippen molar-refractivity contribution in [2.24, 2.45) is 0 Å². The van der Waals surface area contributed by atoms with Crippen LogP contribution in [0.5, 0.6) is 5.75 Å². The average Bonchev–Trinajstić information content (AvgIpc) is 2.47. The Bertz CT molecular complexity index is 652. The molecule has 3 heteroatoms. The molecular formula is C18H17BrO2. The van der Waals surface area contributed by atoms with Crippen molar-refractivity contribution in [2.75, 3.05) is 0 Å². The van der Waals surface area contributed by atoms with E-state index in [0.717, 1.165) is 10.9 Å². The largest absolute Gasteiger partial charge is 0.489 e. The monoisotopic (exact) mass is 344 g/mol. The lowest BCUT2D eigenvalue weighted by Gasteiger charge is -2.27. The Morgan fingerprint density at radius 2 is 2.00 bits per heavy atom. The number of fused-ring (bicyclic) bond motifs is 1. The van der Waals surface area contributed by atoms with E-state index in [1.54, 1.807) is 0 Å². The first-order chi connectivity index (χ1) is 10.1. The van der Waals surface area contributed by atoms with E-state index in [2.05, 4.69) is 35.0 Å². The van der Waals surface area contributed by atoms with Crippen LogP contribution in [0.25, 0.3) is 0 Å². The lowest BCUT2D eigenvalue weighted by Crippen LogP contribution is -2.28. The second-order valence-electron chi connectivity index (χ2n) is 5.56. The van der Waals surface area contributed by atoms with Gasteiger partial charge in [-0.25, -0.2) is 0 Å². The summed E-state index contributed by atoms with van der Waals surface area (Å²) < 4.78 is 6.96. The van der Waals surface area contributed by atoms with Gasteiger partial charge in [0.2, 0.25) is 0 Å². The van der Waals surface area contributed by atoms with Gasteiger partial charge in [-0.3, -0.25) is 4.79 Å². The van der Waals surface area contributed by atoms with Crippen LogP contribution in [0, 0.1) is 0 Å². The molecule has 2 nitrogen and oxygen atoms in total. The summed E-state index contributed by atoms with van der Waals surface area (Å²) in [6, 6.07) is 16.0. The number of carbonyl (C=O) groups excluding carboxylic acids is 1. The standard InChI is InChI=1S/C18H17BrO2/c1-12(13-5-3-2-4-6-13)9-15-11-17(20)16-8-7-14(19)10-18(16)21-15/h2-8,10,12,15H,9,11H2,1H3. The van der Waals surface area contributed by atoms with Gasteiger partial charge >= 0.3 is 0 Å². The number of benzene rings is 2. The fourth-order valence-electron chi connectivity index (χ4n) is 2.81. The first-order valence-electron chi connectivity index (χ1n) is 7.18. The van der Waals surface area contributed by atoms with Crippen LogP contribution in [0.2, 0.25) is 0 Å². The highest BCUT2D eigenvalue weighted by atomic mass is 79.9. The van der Waals surface area contributed by atoms with Crippen molar-refractivity contribution >= 4 is 21.7 Å². The van der Waals surface area contributed by atoms with E-state index in [1.165, 1.54) is 5.56 Å². The zero-order chi connectivity index (χ0) is 14.8. The fraction of sp³-hybridized carbons (Fsp3) is 0.278. The SMILES string of the molecule is CC(CC1CC(=O)c2ccc(Br)cc2O1)c1ccccc1. The molecule has 108 valence electrons. The fourth-order valence-corrected chi connectivity index (χ4v) is 3.15. The van der Waals surface area contributed by atoms with E-state index in [9.17, 15) is 4.79 Å². The first kappa shape index (κ1) is 14.3. The number of carbonyl (C=O) groups is 1. The van der Waals surface area contributed by atoms with E-state index in [-0.39, 0.29) is 11.9 Å². The molecule has 3 rings (SSSR count). The highest BCUT2D eigenvalue weighted by Crippen LogP contribution is 2.33. The Kier molecular flexibility index (Phi) is 4.11. The van der Waals surface area contributed by atoms with Crippen molar-refractivity contribution in [2.45, 2.75) is 31.8 Å². The van der Waals surface area contributed by atoms with E-state index >= 15 is 0 Å². The molecule has 0 amide bonds. The van der Waals surface area contributed by atoms with E-state index in [1.807, 2.05) is 36.4 Å². The first-order valence-corrected chi connectivity index (χ1v) is 7.97. The topological polar surface area (TPSA) is 26.3 Å². The maximum Gasteiger partial charge on any atom is 0.170 e. The summed E-state index contributed by atoms with van der Waals surface area (Å²) in [5.41, 5.74) is 1.98. The molecule has 21 heavy (non-hydrogen) atoms. The van der Waals surface area contributed by atoms with Crippen molar-refractivity contribution in [1.29, 1.82) is 0 Å². The molecule has 0 saturated heterocycles. The van der Waals surface area contributed by atoms with E-state index < -0.39 is 0 Å². The molecule has 2 atom stereocenters. The van der Waals surface area contributed by atoms with Crippen molar-refractivity contribution in [3.05, 3.63) is 64.1 Å². The highest BCUT2D eigenvalue weighted by molar-refractivity contribution is 9.10. The second kappa shape index (κ2) is 6.02. The van der Waals surface area contributed by atoms with Crippen molar-refractivity contribution in [1.82, 2.24) is 0 Å². The number of hydrogen-bond donors (Lipinski definition) is 0. The van der Waals surface area contributed by atoms with Gasteiger partial charge in [0, 0.05) is 10.9 Å². The minimum atomic E-state index is -0.0468. The number of ketones is 1. The number of halogens is 1. The van der Waals surface area contributed by atoms with Gasteiger partial charge in [0.25, 0.3) is 0 Å². The van der Waals surface area contributed by atoms with Crippen LogP contribution in [0.1, 0.15) is 41.6 Å². The summed E-state index contributed by atoms with van der Waals surface area (Å²) in [4.78, 5) is 12.2. The molecule has 2 aromatic rings. The summed E-state index contributed by atoms with van der Waals surface area (Å²) >= 11 is 3.43. The Labute approximate surface area is 133 Å². The van der Waals surface area contributed by atoms with Crippen LogP contribution in [0.3, 0.4) is 0 Å². The van der Waals surface area contributed by atoms with Gasteiger partial charge in [0.1, 0.15) is 11.9 Å². The number of hydrogen-bond acceptors (Lipinski definition) is 2. The van der Waals surface area contributed by atoms with Gasteiger partial charge in [0.15, 0.2) is 5.78 Å². The van der Waals surface area contributed by atoms with Crippen molar-refractivity contribution in [3.63, 3.8) is 0 Å². The number of rotatable bonds is 3. The van der Waals surface area contributed by atoms with Gasteiger partial charge in [-0.05, 0) is 36.1 Å². The maximum atomic E-state index is 12.2. The molecule has 2 unspecified atom stereocenters. The average molecular weight is 345 g/mol. The van der Waals surface area contributed by atoms with Crippen LogP contribution in [0.15, 0.2) is 53.0 Å². The Hall–Kier alpha value is -1.61. The predicted octanol–water partition coefficient (Wildman–Crippen LogP) is 4.98. The molecule has 1 heterocycles. The third-order valence-electron chi connectivity index (χ3n) is 3.94. The van der Waals surface area contributed by atoms with Crippen LogP contribution < -0.4 is 4.74 Å². The molecule has 1 aliphatic rings. The molecule has 1 aliphatic heterocycles. The van der Waals surface area contributed by atoms with Crippen molar-refractivity contribution in [3.8, 4) is 5.75 Å². The van der Waals surface area contributed by atoms with Gasteiger partial charge < -0.3 is 4.74 Å². The summed E-state index contributed by atoms with van der Waals surface area (Å²) in [5.74, 6) is 1.25. The Balaban J connectivity index is 1.75. The molecule has 0 saturated carbocycles. The molecule has 0 spiro atoms. The Morgan fingerprint density at radius 1 is 1.24 bits per heavy atom. The minimum Gasteiger partial charge on any atom is -0.489 e. The van der Waals surface area contributed by atoms with Gasteiger partial charge in [-0.1, -0.05) is 53.2 Å². The predicted molar refractivity (Wildman–Crippen MR) is 87.0 cm³/mol. The van der Waals surface area contributed by atoms with Crippen molar-refractivity contribution < 1.29 is 9.53 Å². The molecule has 0 fully saturated rings. The van der Waals surface area contributed by atoms with Crippen LogP contribution in [-0.4, -0.2) is 11.9 Å². The molecule has 0 bridgehead atoms. The summed E-state index contributed by atoms with van der Waals surface area (Å²) in [6.07, 6.45) is 1.27. The Morgan fingerprint density at radius 3 is 2.76 bits per heavy atom. The van der Waals surface area contributed by atoms with Crippen LogP contribution >= 0.6 is 15.9 Å². The summed E-state index contributed by atoms with van der Waals surface area (Å²) in [5, 5.41) is 0. The van der Waals surface area contributed by atoms with Crippen LogP contribution in [-0.2, 0) is 0 Å². The number of ether oxygens (including phenoxy) is 1. The van der Waals surface area contributed by atoms with Gasteiger partial charge in [-0.15, -0.1) is 0 Å². The molecular weight excluding hydrogens is 328 g/mol. The van der Waals surface area contributed by atoms with Gasteiger partial charge in [-0.2, -0.15) is 0 Å². The van der Waals surface area contributed by atoms with E-state index in [0.29, 0.717) is 23.7 Å². The quantitative estimate of drug-likeness (QED) is 0.785. The normalized spacial score (nSPS) is 18.8. The third kappa shape index (κ3) is 3.18. The summed E-state index contributed by atoms with van der Waals surface area (Å²) in [7, 11) is 0. The zero-order valence-electron chi connectivity index (χ0n) is 11.9. The van der Waals surface area contributed by atoms with Crippen LogP contribution in [0.4, 0.5) is 0 Å². The number of Topliss-reactive ketones (excluding diaryl/α,β-unsaturated/α-hetero) is 1. The lowest BCUT2D eigenvalue weighted by molar-refractivity contribution is 0.0830. The summed E-state index contributed by atoms with van der Waals surface area (Å²) in [6.45, 7) is 2.18. The zero-order valence-corrected chi connectivity index (χ0v) is 13.5. The van der Waals surface area contributed by atoms with E-state index in [4.69, 9.17) is 4.74 Å². The molecule has 0 N–H and O–H groups in total. The molecule has 2 aromatic carbocycles. The minimum absolute atomic E-state index is 0.0468. The third-order valence-corrected chi connectivity index (χ3v) is 4.43. The molecule has 0 aromatic heterocycles. The molecule has 0 aliphatic carbocycles. The second-order valence-corrected chi connectivity index (χ2v) is 6.47. The maximum absolute atomic E-state index is 12.2. The highest BCUT2D eigenvalue weighted by Gasteiger charge is 2.27. The lowest BCUT2D eigenvalue weighted by atomic mass is 9.90. The molecule has 0 radical (unpaired) electrons. The smallest absolute Gasteiger partial charge is 0.170 e. The van der Waals surface area contributed by atoms with Gasteiger partial charge in [0.05, 0.1) is 5.56 Å².